The summed E-state index contributed by atoms with van der Waals surface area (Å²) in [5, 5.41) is 10.9. The van der Waals surface area contributed by atoms with Crippen LogP contribution in [0.3, 0.4) is 0 Å². The van der Waals surface area contributed by atoms with Crippen LogP contribution in [-0.2, 0) is 19.6 Å². The van der Waals surface area contributed by atoms with E-state index < -0.39 is 21.9 Å². The first-order valence-electron chi connectivity index (χ1n) is 7.59. The molecule has 0 unspecified atom stereocenters. The zero-order chi connectivity index (χ0) is 19.3. The quantitative estimate of drug-likeness (QED) is 0.673. The van der Waals surface area contributed by atoms with Gasteiger partial charge in [-0.1, -0.05) is 6.07 Å². The molecule has 1 amide bonds. The number of aliphatic carboxylic acids is 1. The van der Waals surface area contributed by atoms with E-state index in [4.69, 9.17) is 5.11 Å². The van der Waals surface area contributed by atoms with Crippen molar-refractivity contribution in [3.8, 4) is 0 Å². The molecule has 0 aliphatic heterocycles. The molecule has 7 nitrogen and oxygen atoms in total. The van der Waals surface area contributed by atoms with Gasteiger partial charge >= 0.3 is 5.97 Å². The van der Waals surface area contributed by atoms with Crippen LogP contribution in [0.5, 0.6) is 0 Å². The van der Waals surface area contributed by atoms with E-state index in [0.717, 1.165) is 17.2 Å². The van der Waals surface area contributed by atoms with E-state index in [1.54, 1.807) is 12.1 Å². The Bertz CT molecular complexity index is 943. The number of nitrogens with one attached hydrogen (secondary N) is 2. The Hall–Kier alpha value is -3.13. The summed E-state index contributed by atoms with van der Waals surface area (Å²) in [6.07, 6.45) is 1.58. The van der Waals surface area contributed by atoms with Gasteiger partial charge in [0.15, 0.2) is 0 Å². The number of anilines is 2. The Morgan fingerprint density at radius 2 is 1.50 bits per heavy atom. The molecule has 0 bridgehead atoms. The molecule has 0 aliphatic carbocycles. The summed E-state index contributed by atoms with van der Waals surface area (Å²) in [5.74, 6) is -1.87. The second kappa shape index (κ2) is 7.83. The molecule has 8 heteroatoms. The monoisotopic (exact) mass is 374 g/mol. The normalized spacial score (nSPS) is 11.3. The van der Waals surface area contributed by atoms with Crippen molar-refractivity contribution in [3.63, 3.8) is 0 Å². The number of carbonyl (C=O) groups is 2. The molecular formula is C18H18N2O5S. The average Bonchev–Trinajstić information content (AvgIpc) is 2.52. The Morgan fingerprint density at radius 1 is 0.923 bits per heavy atom. The minimum absolute atomic E-state index is 0.0377. The van der Waals surface area contributed by atoms with Crippen molar-refractivity contribution >= 4 is 33.3 Å². The topological polar surface area (TPSA) is 113 Å². The number of carboxylic acid groups (broad SMARTS) is 1. The van der Waals surface area contributed by atoms with Gasteiger partial charge in [-0.25, -0.2) is 13.2 Å². The summed E-state index contributed by atoms with van der Waals surface area (Å²) in [7, 11) is -3.77. The van der Waals surface area contributed by atoms with Gasteiger partial charge in [-0.15, -0.1) is 0 Å². The van der Waals surface area contributed by atoms with Crippen LogP contribution < -0.4 is 10.0 Å². The van der Waals surface area contributed by atoms with E-state index in [9.17, 15) is 18.0 Å². The van der Waals surface area contributed by atoms with Crippen LogP contribution in [0.1, 0.15) is 11.1 Å². The lowest BCUT2D eigenvalue weighted by Crippen LogP contribution is -2.13. The lowest BCUT2D eigenvalue weighted by molar-refractivity contribution is -0.131. The van der Waals surface area contributed by atoms with Crippen LogP contribution >= 0.6 is 0 Å². The maximum Gasteiger partial charge on any atom is 0.328 e. The van der Waals surface area contributed by atoms with Gasteiger partial charge in [0.1, 0.15) is 0 Å². The van der Waals surface area contributed by atoms with E-state index in [0.29, 0.717) is 17.5 Å². The second-order valence-electron chi connectivity index (χ2n) is 5.67. The SMILES string of the molecule is Cc1cc(C)cc(NS(=O)(=O)c2ccc(NC(=O)/C=C/C(=O)O)cc2)c1. The van der Waals surface area contributed by atoms with Crippen molar-refractivity contribution < 1.29 is 23.1 Å². The zero-order valence-electron chi connectivity index (χ0n) is 14.2. The van der Waals surface area contributed by atoms with Crippen molar-refractivity contribution in [1.29, 1.82) is 0 Å². The molecule has 0 aromatic heterocycles. The van der Waals surface area contributed by atoms with Gasteiger partial charge in [-0.2, -0.15) is 0 Å². The summed E-state index contributed by atoms with van der Waals surface area (Å²) in [6, 6.07) is 10.9. The number of hydrogen-bond acceptors (Lipinski definition) is 4. The second-order valence-corrected chi connectivity index (χ2v) is 7.35. The van der Waals surface area contributed by atoms with Crippen LogP contribution in [0.2, 0.25) is 0 Å². The molecule has 0 saturated heterocycles. The van der Waals surface area contributed by atoms with E-state index >= 15 is 0 Å². The zero-order valence-corrected chi connectivity index (χ0v) is 15.0. The fraction of sp³-hybridized carbons (Fsp3) is 0.111. The van der Waals surface area contributed by atoms with E-state index in [1.807, 2.05) is 19.9 Å². The summed E-state index contributed by atoms with van der Waals surface area (Å²) < 4.78 is 27.4. The largest absolute Gasteiger partial charge is 0.478 e. The van der Waals surface area contributed by atoms with Crippen molar-refractivity contribution in [2.45, 2.75) is 18.7 Å². The summed E-state index contributed by atoms with van der Waals surface area (Å²) >= 11 is 0. The molecule has 0 heterocycles. The molecule has 0 radical (unpaired) electrons. The maximum atomic E-state index is 12.5. The van der Waals surface area contributed by atoms with Crippen molar-refractivity contribution in [3.05, 3.63) is 65.7 Å². The molecule has 2 aromatic rings. The number of hydrogen-bond donors (Lipinski definition) is 3. The third-order valence-electron chi connectivity index (χ3n) is 3.28. The number of rotatable bonds is 6. The molecule has 26 heavy (non-hydrogen) atoms. The molecule has 3 N–H and O–H groups in total. The molecular weight excluding hydrogens is 356 g/mol. The van der Waals surface area contributed by atoms with Gasteiger partial charge in [0, 0.05) is 23.5 Å². The van der Waals surface area contributed by atoms with E-state index in [-0.39, 0.29) is 4.90 Å². The van der Waals surface area contributed by atoms with Gasteiger partial charge < -0.3 is 10.4 Å². The summed E-state index contributed by atoms with van der Waals surface area (Å²) in [6.45, 7) is 3.75. The van der Waals surface area contributed by atoms with Crippen LogP contribution in [0.15, 0.2) is 59.5 Å². The maximum absolute atomic E-state index is 12.5. The van der Waals surface area contributed by atoms with E-state index in [1.165, 1.54) is 24.3 Å². The van der Waals surface area contributed by atoms with Crippen LogP contribution in [0, 0.1) is 13.8 Å². The van der Waals surface area contributed by atoms with Crippen molar-refractivity contribution in [1.82, 2.24) is 0 Å². The number of amides is 1. The minimum atomic E-state index is -3.77. The molecule has 0 fully saturated rings. The summed E-state index contributed by atoms with van der Waals surface area (Å²) in [4.78, 5) is 21.9. The third kappa shape index (κ3) is 5.45. The molecule has 136 valence electrons. The first-order valence-corrected chi connectivity index (χ1v) is 9.07. The first kappa shape index (κ1) is 19.2. The van der Waals surface area contributed by atoms with Crippen molar-refractivity contribution in [2.75, 3.05) is 10.0 Å². The predicted molar refractivity (Wildman–Crippen MR) is 98.6 cm³/mol. The van der Waals surface area contributed by atoms with Crippen LogP contribution in [0.25, 0.3) is 0 Å². The number of sulfonamides is 1. The Labute approximate surface area is 151 Å². The third-order valence-corrected chi connectivity index (χ3v) is 4.68. The molecule has 2 aromatic carbocycles. The van der Waals surface area contributed by atoms with Gasteiger partial charge in [-0.05, 0) is 61.4 Å². The molecule has 2 rings (SSSR count). The van der Waals surface area contributed by atoms with Gasteiger partial charge in [-0.3, -0.25) is 9.52 Å². The molecule has 0 spiro atoms. The molecule has 0 atom stereocenters. The van der Waals surface area contributed by atoms with Crippen LogP contribution in [0.4, 0.5) is 11.4 Å². The van der Waals surface area contributed by atoms with Gasteiger partial charge in [0.2, 0.25) is 5.91 Å². The molecule has 0 saturated carbocycles. The van der Waals surface area contributed by atoms with Crippen LogP contribution in [-0.4, -0.2) is 25.4 Å². The van der Waals surface area contributed by atoms with Crippen molar-refractivity contribution in [2.24, 2.45) is 0 Å². The molecule has 0 aliphatic rings. The van der Waals surface area contributed by atoms with E-state index in [2.05, 4.69) is 10.0 Å². The number of carbonyl (C=O) groups excluding carboxylic acids is 1. The first-order chi connectivity index (χ1) is 12.2. The lowest BCUT2D eigenvalue weighted by atomic mass is 10.1. The van der Waals surface area contributed by atoms with Gasteiger partial charge in [0.25, 0.3) is 10.0 Å². The minimum Gasteiger partial charge on any atom is -0.478 e. The fourth-order valence-electron chi connectivity index (χ4n) is 2.30. The number of carboxylic acids is 1. The number of benzene rings is 2. The predicted octanol–water partition coefficient (Wildman–Crippen LogP) is 2.68. The Morgan fingerprint density at radius 3 is 2.04 bits per heavy atom. The summed E-state index contributed by atoms with van der Waals surface area (Å²) in [5.41, 5.74) is 2.69. The Kier molecular flexibility index (Phi) is 5.78. The smallest absolute Gasteiger partial charge is 0.328 e. The highest BCUT2D eigenvalue weighted by atomic mass is 32.2. The standard InChI is InChI=1S/C18H18N2O5S/c1-12-9-13(2)11-15(10-12)20-26(24,25)16-5-3-14(4-6-16)19-17(21)7-8-18(22)23/h3-11,20H,1-2H3,(H,19,21)(H,22,23)/b8-7+. The fourth-order valence-corrected chi connectivity index (χ4v) is 3.34. The van der Waals surface area contributed by atoms with Gasteiger partial charge in [0.05, 0.1) is 4.90 Å². The number of aryl methyl sites for hydroxylation is 2. The lowest BCUT2D eigenvalue weighted by Gasteiger charge is -2.10. The highest BCUT2D eigenvalue weighted by Gasteiger charge is 2.14. The highest BCUT2D eigenvalue weighted by molar-refractivity contribution is 7.92. The Balaban J connectivity index is 2.13. The average molecular weight is 374 g/mol. The highest BCUT2D eigenvalue weighted by Crippen LogP contribution is 2.20.